The van der Waals surface area contributed by atoms with Crippen LogP contribution < -0.4 is 10.6 Å². The van der Waals surface area contributed by atoms with Crippen LogP contribution in [0.25, 0.3) is 0 Å². The molecule has 0 atom stereocenters. The van der Waals surface area contributed by atoms with Crippen molar-refractivity contribution in [2.45, 2.75) is 51.0 Å². The van der Waals surface area contributed by atoms with Crippen LogP contribution in [0, 0.1) is 11.7 Å². The Labute approximate surface area is 164 Å². The van der Waals surface area contributed by atoms with Crippen molar-refractivity contribution in [3.05, 3.63) is 35.6 Å². The van der Waals surface area contributed by atoms with E-state index >= 15 is 0 Å². The molecule has 6 nitrogen and oxygen atoms in total. The van der Waals surface area contributed by atoms with Gasteiger partial charge in [0.2, 0.25) is 11.8 Å². The highest BCUT2D eigenvalue weighted by Crippen LogP contribution is 2.20. The maximum absolute atomic E-state index is 13.0. The van der Waals surface area contributed by atoms with E-state index in [1.54, 1.807) is 4.90 Å². The van der Waals surface area contributed by atoms with Gasteiger partial charge < -0.3 is 15.5 Å². The standard InChI is InChI=1S/C21H28FN3O3/c22-17-8-6-16(7-9-17)21(28)25-12-10-15(11-13-25)20(27)23-14-19(26)24-18-4-2-1-3-5-18/h6-9,15,18H,1-5,10-14H2,(H,23,27)(H,24,26). The van der Waals surface area contributed by atoms with Crippen LogP contribution in [0.2, 0.25) is 0 Å². The Morgan fingerprint density at radius 1 is 0.964 bits per heavy atom. The highest BCUT2D eigenvalue weighted by atomic mass is 19.1. The van der Waals surface area contributed by atoms with Crippen LogP contribution in [0.1, 0.15) is 55.3 Å². The molecule has 1 aliphatic carbocycles. The van der Waals surface area contributed by atoms with Crippen molar-refractivity contribution in [3.63, 3.8) is 0 Å². The van der Waals surface area contributed by atoms with Gasteiger partial charge in [-0.1, -0.05) is 19.3 Å². The second-order valence-corrected chi connectivity index (χ2v) is 7.69. The van der Waals surface area contributed by atoms with Gasteiger partial charge in [0, 0.05) is 30.6 Å². The molecule has 1 aliphatic heterocycles. The zero-order valence-electron chi connectivity index (χ0n) is 16.1. The van der Waals surface area contributed by atoms with Crippen molar-refractivity contribution in [3.8, 4) is 0 Å². The van der Waals surface area contributed by atoms with E-state index in [1.807, 2.05) is 0 Å². The van der Waals surface area contributed by atoms with Gasteiger partial charge in [-0.25, -0.2) is 4.39 Å². The van der Waals surface area contributed by atoms with Crippen LogP contribution >= 0.6 is 0 Å². The molecule has 3 amide bonds. The first-order valence-electron chi connectivity index (χ1n) is 10.1. The van der Waals surface area contributed by atoms with E-state index in [9.17, 15) is 18.8 Å². The number of nitrogens with one attached hydrogen (secondary N) is 2. The van der Waals surface area contributed by atoms with Crippen LogP contribution in [0.5, 0.6) is 0 Å². The van der Waals surface area contributed by atoms with Gasteiger partial charge in [-0.3, -0.25) is 14.4 Å². The molecule has 2 aliphatic rings. The van der Waals surface area contributed by atoms with E-state index < -0.39 is 0 Å². The minimum Gasteiger partial charge on any atom is -0.352 e. The minimum atomic E-state index is -0.376. The molecule has 7 heteroatoms. The Hall–Kier alpha value is -2.44. The smallest absolute Gasteiger partial charge is 0.253 e. The maximum Gasteiger partial charge on any atom is 0.253 e. The Morgan fingerprint density at radius 3 is 2.25 bits per heavy atom. The Bertz CT molecular complexity index is 693. The molecule has 3 rings (SSSR count). The van der Waals surface area contributed by atoms with E-state index in [2.05, 4.69) is 10.6 Å². The third-order valence-electron chi connectivity index (χ3n) is 5.64. The first kappa shape index (κ1) is 20.3. The van der Waals surface area contributed by atoms with E-state index in [1.165, 1.54) is 30.7 Å². The summed E-state index contributed by atoms with van der Waals surface area (Å²) < 4.78 is 13.0. The monoisotopic (exact) mass is 389 g/mol. The summed E-state index contributed by atoms with van der Waals surface area (Å²) in [5, 5.41) is 5.72. The summed E-state index contributed by atoms with van der Waals surface area (Å²) in [4.78, 5) is 38.5. The van der Waals surface area contributed by atoms with Crippen LogP contribution in [0.4, 0.5) is 4.39 Å². The molecule has 0 aromatic heterocycles. The average molecular weight is 389 g/mol. The number of nitrogens with zero attached hydrogens (tertiary/aromatic N) is 1. The lowest BCUT2D eigenvalue weighted by Gasteiger charge is -2.31. The molecule has 1 heterocycles. The van der Waals surface area contributed by atoms with Crippen LogP contribution in [-0.4, -0.2) is 48.3 Å². The van der Waals surface area contributed by atoms with Crippen molar-refractivity contribution < 1.29 is 18.8 Å². The van der Waals surface area contributed by atoms with Crippen molar-refractivity contribution >= 4 is 17.7 Å². The van der Waals surface area contributed by atoms with Gasteiger partial charge in [0.25, 0.3) is 5.91 Å². The molecule has 0 unspecified atom stereocenters. The summed E-state index contributed by atoms with van der Waals surface area (Å²) in [6.07, 6.45) is 6.66. The molecule has 1 aromatic rings. The maximum atomic E-state index is 13.0. The number of amides is 3. The Kier molecular flexibility index (Phi) is 7.01. The fourth-order valence-corrected chi connectivity index (χ4v) is 3.96. The summed E-state index contributed by atoms with van der Waals surface area (Å²) in [5.41, 5.74) is 0.448. The lowest BCUT2D eigenvalue weighted by atomic mass is 9.95. The molecule has 2 N–H and O–H groups in total. The van der Waals surface area contributed by atoms with Crippen molar-refractivity contribution in [2.75, 3.05) is 19.6 Å². The van der Waals surface area contributed by atoms with Gasteiger partial charge in [0.05, 0.1) is 6.54 Å². The summed E-state index contributed by atoms with van der Waals surface area (Å²) >= 11 is 0. The van der Waals surface area contributed by atoms with E-state index in [4.69, 9.17) is 0 Å². The highest BCUT2D eigenvalue weighted by Gasteiger charge is 2.28. The summed E-state index contributed by atoms with van der Waals surface area (Å²) in [7, 11) is 0. The molecule has 2 fully saturated rings. The Morgan fingerprint density at radius 2 is 1.61 bits per heavy atom. The van der Waals surface area contributed by atoms with Gasteiger partial charge in [-0.2, -0.15) is 0 Å². The topological polar surface area (TPSA) is 78.5 Å². The summed E-state index contributed by atoms with van der Waals surface area (Å²) in [5.74, 6) is -0.984. The molecule has 1 saturated heterocycles. The molecule has 0 bridgehead atoms. The average Bonchev–Trinajstić information content (AvgIpc) is 2.73. The Balaban J connectivity index is 1.39. The van der Waals surface area contributed by atoms with E-state index in [0.717, 1.165) is 25.7 Å². The van der Waals surface area contributed by atoms with Crippen molar-refractivity contribution in [2.24, 2.45) is 5.92 Å². The number of piperidine rings is 1. The summed E-state index contributed by atoms with van der Waals surface area (Å²) in [6, 6.07) is 5.72. The zero-order valence-corrected chi connectivity index (χ0v) is 16.1. The first-order valence-corrected chi connectivity index (χ1v) is 10.1. The van der Waals surface area contributed by atoms with Crippen molar-refractivity contribution in [1.82, 2.24) is 15.5 Å². The van der Waals surface area contributed by atoms with Gasteiger partial charge in [0.1, 0.15) is 5.82 Å². The third-order valence-corrected chi connectivity index (χ3v) is 5.64. The van der Waals surface area contributed by atoms with Gasteiger partial charge >= 0.3 is 0 Å². The lowest BCUT2D eigenvalue weighted by Crippen LogP contribution is -2.46. The number of carbonyl (C=O) groups is 3. The number of likely N-dealkylation sites (tertiary alicyclic amines) is 1. The van der Waals surface area contributed by atoms with Gasteiger partial charge in [-0.05, 0) is 49.9 Å². The second-order valence-electron chi connectivity index (χ2n) is 7.69. The lowest BCUT2D eigenvalue weighted by molar-refractivity contribution is -0.129. The fourth-order valence-electron chi connectivity index (χ4n) is 3.96. The van der Waals surface area contributed by atoms with Gasteiger partial charge in [-0.15, -0.1) is 0 Å². The number of hydrogen-bond donors (Lipinski definition) is 2. The van der Waals surface area contributed by atoms with Crippen LogP contribution in [-0.2, 0) is 9.59 Å². The molecule has 1 saturated carbocycles. The number of rotatable bonds is 5. The number of benzene rings is 1. The highest BCUT2D eigenvalue weighted by molar-refractivity contribution is 5.94. The molecule has 0 spiro atoms. The van der Waals surface area contributed by atoms with E-state index in [-0.39, 0.29) is 42.0 Å². The normalized spacial score (nSPS) is 18.5. The minimum absolute atomic E-state index is 0.00403. The predicted molar refractivity (Wildman–Crippen MR) is 103 cm³/mol. The SMILES string of the molecule is O=C(CNC(=O)C1CCN(C(=O)c2ccc(F)cc2)CC1)NC1CCCCC1. The van der Waals surface area contributed by atoms with Crippen LogP contribution in [0.15, 0.2) is 24.3 Å². The number of carbonyl (C=O) groups excluding carboxylic acids is 3. The second kappa shape index (κ2) is 9.66. The largest absolute Gasteiger partial charge is 0.352 e. The van der Waals surface area contributed by atoms with Crippen LogP contribution in [0.3, 0.4) is 0 Å². The predicted octanol–water partition coefficient (Wildman–Crippen LogP) is 2.24. The first-order chi connectivity index (χ1) is 13.5. The van der Waals surface area contributed by atoms with E-state index in [0.29, 0.717) is 31.5 Å². The number of hydrogen-bond acceptors (Lipinski definition) is 3. The molecular weight excluding hydrogens is 361 g/mol. The quantitative estimate of drug-likeness (QED) is 0.811. The molecule has 152 valence electrons. The zero-order chi connectivity index (χ0) is 19.9. The molecular formula is C21H28FN3O3. The fraction of sp³-hybridized carbons (Fsp3) is 0.571. The van der Waals surface area contributed by atoms with Gasteiger partial charge in [0.15, 0.2) is 0 Å². The summed E-state index contributed by atoms with van der Waals surface area (Å²) in [6.45, 7) is 0.954. The molecule has 1 aromatic carbocycles. The third kappa shape index (κ3) is 5.53. The molecule has 0 radical (unpaired) electrons. The number of halogens is 1. The van der Waals surface area contributed by atoms with Crippen molar-refractivity contribution in [1.29, 1.82) is 0 Å². The molecule has 28 heavy (non-hydrogen) atoms.